The lowest BCUT2D eigenvalue weighted by molar-refractivity contribution is -0.121. The highest BCUT2D eigenvalue weighted by atomic mass is 16.5. The van der Waals surface area contributed by atoms with Crippen LogP contribution in [0.25, 0.3) is 0 Å². The first kappa shape index (κ1) is 17.6. The van der Waals surface area contributed by atoms with Crippen LogP contribution in [-0.2, 0) is 9.53 Å². The Kier molecular flexibility index (Phi) is 7.32. The van der Waals surface area contributed by atoms with Crippen molar-refractivity contribution < 1.29 is 9.53 Å². The molecule has 21 heavy (non-hydrogen) atoms. The number of hydrogen-bond donors (Lipinski definition) is 2. The van der Waals surface area contributed by atoms with Crippen molar-refractivity contribution in [1.29, 1.82) is 0 Å². The average molecular weight is 293 g/mol. The van der Waals surface area contributed by atoms with Gasteiger partial charge in [0.25, 0.3) is 0 Å². The van der Waals surface area contributed by atoms with Gasteiger partial charge in [0, 0.05) is 44.0 Å². The molecule has 1 heterocycles. The Balaban J connectivity index is 2.44. The normalized spacial score (nSPS) is 12.2. The second-order valence-electron chi connectivity index (χ2n) is 5.35. The summed E-state index contributed by atoms with van der Waals surface area (Å²) in [5.41, 5.74) is 4.56. The number of methoxy groups -OCH3 is 1. The smallest absolute Gasteiger partial charge is 0.221 e. The lowest BCUT2D eigenvalue weighted by Crippen LogP contribution is -2.31. The summed E-state index contributed by atoms with van der Waals surface area (Å²) in [6.07, 6.45) is 0.464. The zero-order chi connectivity index (χ0) is 15.8. The zero-order valence-corrected chi connectivity index (χ0v) is 13.7. The van der Waals surface area contributed by atoms with Gasteiger partial charge in [-0.05, 0) is 44.9 Å². The predicted octanol–water partition coefficient (Wildman–Crippen LogP) is 1.81. The van der Waals surface area contributed by atoms with E-state index in [1.54, 1.807) is 7.11 Å². The van der Waals surface area contributed by atoms with Crippen LogP contribution in [0.4, 0.5) is 0 Å². The highest BCUT2D eigenvalue weighted by Gasteiger charge is 2.13. The molecule has 0 aromatic carbocycles. The quantitative estimate of drug-likeness (QED) is 0.718. The number of aryl methyl sites for hydroxylation is 3. The number of carbonyl (C=O) groups excluding carboxylic acids is 1. The molecule has 1 atom stereocenters. The summed E-state index contributed by atoms with van der Waals surface area (Å²) in [6.45, 7) is 10.00. The second kappa shape index (κ2) is 8.74. The molecule has 0 fully saturated rings. The molecular weight excluding hydrogens is 266 g/mol. The molecule has 5 heteroatoms. The van der Waals surface area contributed by atoms with Crippen LogP contribution in [0.5, 0.6) is 0 Å². The van der Waals surface area contributed by atoms with Gasteiger partial charge in [0.05, 0.1) is 6.61 Å². The number of nitrogens with one attached hydrogen (secondary N) is 2. The molecule has 118 valence electrons. The molecular formula is C16H27N3O2. The Hall–Kier alpha value is -1.46. The van der Waals surface area contributed by atoms with Crippen molar-refractivity contribution in [3.05, 3.63) is 28.6 Å². The number of rotatable bonds is 8. The molecule has 0 radical (unpaired) electrons. The number of carbonyl (C=O) groups is 1. The molecule has 0 aliphatic carbocycles. The van der Waals surface area contributed by atoms with Gasteiger partial charge in [-0.2, -0.15) is 0 Å². The summed E-state index contributed by atoms with van der Waals surface area (Å²) < 4.78 is 4.89. The maximum Gasteiger partial charge on any atom is 0.221 e. The minimum Gasteiger partial charge on any atom is -0.383 e. The van der Waals surface area contributed by atoms with Crippen LogP contribution >= 0.6 is 0 Å². The maximum atomic E-state index is 11.6. The molecule has 0 saturated carbocycles. The SMILES string of the molecule is COCCNC(=O)CCNC(C)c1c(C)cc(C)nc1C. The zero-order valence-electron chi connectivity index (χ0n) is 13.7. The van der Waals surface area contributed by atoms with Gasteiger partial charge >= 0.3 is 0 Å². The first-order chi connectivity index (χ1) is 9.95. The Morgan fingerprint density at radius 2 is 2.05 bits per heavy atom. The van der Waals surface area contributed by atoms with E-state index in [0.29, 0.717) is 26.1 Å². The van der Waals surface area contributed by atoms with E-state index in [1.165, 1.54) is 11.1 Å². The fourth-order valence-electron chi connectivity index (χ4n) is 2.57. The van der Waals surface area contributed by atoms with Gasteiger partial charge in [-0.3, -0.25) is 9.78 Å². The molecule has 0 spiro atoms. The van der Waals surface area contributed by atoms with E-state index >= 15 is 0 Å². The molecule has 0 aliphatic heterocycles. The molecule has 0 saturated heterocycles. The minimum atomic E-state index is 0.0437. The van der Waals surface area contributed by atoms with Crippen LogP contribution in [0.1, 0.15) is 41.9 Å². The van der Waals surface area contributed by atoms with Crippen molar-refractivity contribution in [3.8, 4) is 0 Å². The van der Waals surface area contributed by atoms with Crippen molar-refractivity contribution in [2.24, 2.45) is 0 Å². The van der Waals surface area contributed by atoms with Crippen molar-refractivity contribution in [2.45, 2.75) is 40.2 Å². The molecule has 1 unspecified atom stereocenters. The monoisotopic (exact) mass is 293 g/mol. The summed E-state index contributed by atoms with van der Waals surface area (Å²) in [6, 6.07) is 2.28. The van der Waals surface area contributed by atoms with Crippen LogP contribution in [-0.4, -0.2) is 37.7 Å². The Labute approximate surface area is 127 Å². The largest absolute Gasteiger partial charge is 0.383 e. The van der Waals surface area contributed by atoms with Gasteiger partial charge < -0.3 is 15.4 Å². The first-order valence-corrected chi connectivity index (χ1v) is 7.39. The summed E-state index contributed by atoms with van der Waals surface area (Å²) in [5.74, 6) is 0.0437. The van der Waals surface area contributed by atoms with Crippen LogP contribution in [0.2, 0.25) is 0 Å². The number of aromatic nitrogens is 1. The van der Waals surface area contributed by atoms with E-state index in [4.69, 9.17) is 4.74 Å². The Bertz CT molecular complexity index is 452. The fourth-order valence-corrected chi connectivity index (χ4v) is 2.57. The van der Waals surface area contributed by atoms with Gasteiger partial charge in [-0.25, -0.2) is 0 Å². The molecule has 0 aliphatic rings. The number of amides is 1. The first-order valence-electron chi connectivity index (χ1n) is 7.39. The van der Waals surface area contributed by atoms with Gasteiger partial charge in [0.15, 0.2) is 0 Å². The molecule has 1 aromatic rings. The molecule has 5 nitrogen and oxygen atoms in total. The highest BCUT2D eigenvalue weighted by molar-refractivity contribution is 5.76. The van der Waals surface area contributed by atoms with E-state index < -0.39 is 0 Å². The van der Waals surface area contributed by atoms with Crippen molar-refractivity contribution in [3.63, 3.8) is 0 Å². The van der Waals surface area contributed by atoms with E-state index in [9.17, 15) is 4.79 Å². The Morgan fingerprint density at radius 1 is 1.33 bits per heavy atom. The topological polar surface area (TPSA) is 63.2 Å². The third-order valence-electron chi connectivity index (χ3n) is 3.45. The number of nitrogens with zero attached hydrogens (tertiary/aromatic N) is 1. The summed E-state index contributed by atoms with van der Waals surface area (Å²) >= 11 is 0. The lowest BCUT2D eigenvalue weighted by Gasteiger charge is -2.19. The van der Waals surface area contributed by atoms with E-state index in [0.717, 1.165) is 11.4 Å². The molecule has 2 N–H and O–H groups in total. The number of pyridine rings is 1. The van der Waals surface area contributed by atoms with Crippen LogP contribution in [0, 0.1) is 20.8 Å². The lowest BCUT2D eigenvalue weighted by atomic mass is 10.0. The molecule has 1 rings (SSSR count). The van der Waals surface area contributed by atoms with Gasteiger partial charge in [-0.1, -0.05) is 0 Å². The van der Waals surface area contributed by atoms with Crippen LogP contribution in [0.15, 0.2) is 6.07 Å². The summed E-state index contributed by atoms with van der Waals surface area (Å²) in [7, 11) is 1.62. The van der Waals surface area contributed by atoms with Gasteiger partial charge in [0.1, 0.15) is 0 Å². The van der Waals surface area contributed by atoms with E-state index in [1.807, 2.05) is 13.8 Å². The maximum absolute atomic E-state index is 11.6. The van der Waals surface area contributed by atoms with Crippen LogP contribution in [0.3, 0.4) is 0 Å². The number of ether oxygens (including phenoxy) is 1. The third kappa shape index (κ3) is 5.81. The van der Waals surface area contributed by atoms with Crippen molar-refractivity contribution in [1.82, 2.24) is 15.6 Å². The Morgan fingerprint density at radius 3 is 2.67 bits per heavy atom. The molecule has 0 bridgehead atoms. The van der Waals surface area contributed by atoms with Crippen molar-refractivity contribution >= 4 is 5.91 Å². The fraction of sp³-hybridized carbons (Fsp3) is 0.625. The van der Waals surface area contributed by atoms with Crippen LogP contribution < -0.4 is 10.6 Å². The van der Waals surface area contributed by atoms with E-state index in [2.05, 4.69) is 35.5 Å². The summed E-state index contributed by atoms with van der Waals surface area (Å²) in [4.78, 5) is 16.1. The average Bonchev–Trinajstić information content (AvgIpc) is 2.37. The number of hydrogen-bond acceptors (Lipinski definition) is 4. The predicted molar refractivity (Wildman–Crippen MR) is 84.4 cm³/mol. The summed E-state index contributed by atoms with van der Waals surface area (Å²) in [5, 5.41) is 6.20. The minimum absolute atomic E-state index is 0.0437. The third-order valence-corrected chi connectivity index (χ3v) is 3.45. The molecule has 1 aromatic heterocycles. The standard InChI is InChI=1S/C16H27N3O2/c1-11-10-12(2)19-14(4)16(11)13(3)17-7-6-15(20)18-8-9-21-5/h10,13,17H,6-9H2,1-5H3,(H,18,20). The van der Waals surface area contributed by atoms with Gasteiger partial charge in [0.2, 0.25) is 5.91 Å². The van der Waals surface area contributed by atoms with Crippen molar-refractivity contribution in [2.75, 3.05) is 26.8 Å². The highest BCUT2D eigenvalue weighted by Crippen LogP contribution is 2.20. The molecule has 1 amide bonds. The van der Waals surface area contributed by atoms with E-state index in [-0.39, 0.29) is 11.9 Å². The second-order valence-corrected chi connectivity index (χ2v) is 5.35. The van der Waals surface area contributed by atoms with Gasteiger partial charge in [-0.15, -0.1) is 0 Å².